The molecule has 2 fully saturated rings. The Labute approximate surface area is 205 Å². The second-order valence-corrected chi connectivity index (χ2v) is 12.0. The van der Waals surface area contributed by atoms with Gasteiger partial charge in [-0.15, -0.1) is 0 Å². The molecule has 4 rings (SSSR count). The average molecular weight is 510 g/mol. The number of nitrogens with one attached hydrogen (secondary N) is 1. The number of nitrogens with zero attached hydrogens (tertiary/aromatic N) is 2. The smallest absolute Gasteiger partial charge is 0.255 e. The predicted octanol–water partition coefficient (Wildman–Crippen LogP) is 4.21. The number of carbonyl (C=O) groups is 1. The molecule has 2 aliphatic rings. The van der Waals surface area contributed by atoms with Crippen molar-refractivity contribution < 1.29 is 13.2 Å². The summed E-state index contributed by atoms with van der Waals surface area (Å²) in [5.74, 6) is 0.806. The van der Waals surface area contributed by atoms with Crippen LogP contribution in [0.3, 0.4) is 0 Å². The normalized spacial score (nSPS) is 20.8. The third-order valence-corrected chi connectivity index (χ3v) is 8.43. The van der Waals surface area contributed by atoms with Gasteiger partial charge in [0.2, 0.25) is 0 Å². The van der Waals surface area contributed by atoms with Gasteiger partial charge >= 0.3 is 0 Å². The van der Waals surface area contributed by atoms with Gasteiger partial charge in [0.05, 0.1) is 15.5 Å². The molecule has 9 heteroatoms. The highest BCUT2D eigenvalue weighted by atomic mass is 35.5. The molecule has 2 aromatic rings. The number of anilines is 1. The number of amides is 1. The Kier molecular flexibility index (Phi) is 7.24. The van der Waals surface area contributed by atoms with Gasteiger partial charge in [-0.3, -0.25) is 4.79 Å². The molecule has 2 saturated heterocycles. The topological polar surface area (TPSA) is 69.7 Å². The Morgan fingerprint density at radius 3 is 2.33 bits per heavy atom. The lowest BCUT2D eigenvalue weighted by atomic mass is 10.0. The molecule has 0 aromatic heterocycles. The second kappa shape index (κ2) is 9.82. The van der Waals surface area contributed by atoms with Crippen molar-refractivity contribution in [1.82, 2.24) is 9.80 Å². The lowest BCUT2D eigenvalue weighted by molar-refractivity contribution is 0.0774. The van der Waals surface area contributed by atoms with Crippen LogP contribution in [0.1, 0.15) is 22.3 Å². The first-order valence-electron chi connectivity index (χ1n) is 11.1. The molecule has 2 atom stereocenters. The second-order valence-electron chi connectivity index (χ2n) is 9.15. The molecule has 1 N–H and O–H groups in total. The highest BCUT2D eigenvalue weighted by Gasteiger charge is 2.41. The number of halogens is 2. The largest absolute Gasteiger partial charge is 0.385 e. The third-order valence-electron chi connectivity index (χ3n) is 6.60. The molecule has 0 bridgehead atoms. The van der Waals surface area contributed by atoms with Gasteiger partial charge in [-0.25, -0.2) is 8.42 Å². The van der Waals surface area contributed by atoms with Gasteiger partial charge in [-0.2, -0.15) is 0 Å². The molecule has 2 unspecified atom stereocenters. The van der Waals surface area contributed by atoms with Crippen molar-refractivity contribution in [3.05, 3.63) is 57.6 Å². The van der Waals surface area contributed by atoms with Crippen molar-refractivity contribution in [2.24, 2.45) is 11.8 Å². The number of hydrogen-bond donors (Lipinski definition) is 1. The number of hydrogen-bond acceptors (Lipinski definition) is 5. The first-order valence-corrected chi connectivity index (χ1v) is 13.8. The minimum Gasteiger partial charge on any atom is -0.385 e. The number of rotatable bonds is 7. The maximum atomic E-state index is 13.0. The van der Waals surface area contributed by atoms with Crippen LogP contribution in [0.5, 0.6) is 0 Å². The summed E-state index contributed by atoms with van der Waals surface area (Å²) in [5.41, 5.74) is 2.48. The van der Waals surface area contributed by atoms with Crippen molar-refractivity contribution in [3.63, 3.8) is 0 Å². The zero-order chi connectivity index (χ0) is 23.8. The number of benzene rings is 2. The summed E-state index contributed by atoms with van der Waals surface area (Å²) in [5, 5.41) is 4.39. The number of likely N-dealkylation sites (tertiary alicyclic amines) is 2. The molecule has 6 nitrogen and oxygen atoms in total. The van der Waals surface area contributed by atoms with Crippen LogP contribution in [0.25, 0.3) is 0 Å². The van der Waals surface area contributed by atoms with Crippen LogP contribution in [0.4, 0.5) is 5.69 Å². The van der Waals surface area contributed by atoms with Crippen molar-refractivity contribution in [1.29, 1.82) is 0 Å². The molecular weight excluding hydrogens is 481 g/mol. The van der Waals surface area contributed by atoms with E-state index in [9.17, 15) is 13.2 Å². The lowest BCUT2D eigenvalue weighted by Gasteiger charge is -2.22. The molecule has 0 radical (unpaired) electrons. The molecule has 0 aliphatic carbocycles. The third kappa shape index (κ3) is 5.65. The van der Waals surface area contributed by atoms with Crippen LogP contribution in [0.15, 0.2) is 41.3 Å². The Morgan fingerprint density at radius 1 is 1.03 bits per heavy atom. The van der Waals surface area contributed by atoms with Gasteiger partial charge < -0.3 is 15.1 Å². The zero-order valence-electron chi connectivity index (χ0n) is 18.9. The van der Waals surface area contributed by atoms with Gasteiger partial charge in [0.15, 0.2) is 9.84 Å². The fraction of sp³-hybridized carbons (Fsp3) is 0.458. The van der Waals surface area contributed by atoms with Crippen LogP contribution < -0.4 is 5.32 Å². The minimum atomic E-state index is -3.36. The first kappa shape index (κ1) is 24.3. The molecule has 33 heavy (non-hydrogen) atoms. The number of aryl methyl sites for hydroxylation is 1. The maximum Gasteiger partial charge on any atom is 0.255 e. The van der Waals surface area contributed by atoms with E-state index in [0.29, 0.717) is 30.5 Å². The Balaban J connectivity index is 1.24. The fourth-order valence-corrected chi connectivity index (χ4v) is 5.90. The van der Waals surface area contributed by atoms with E-state index in [1.54, 1.807) is 0 Å². The summed E-state index contributed by atoms with van der Waals surface area (Å²) in [6.07, 6.45) is 2.16. The molecule has 1 amide bonds. The quantitative estimate of drug-likeness (QED) is 0.566. The number of sulfone groups is 1. The van der Waals surface area contributed by atoms with E-state index in [4.69, 9.17) is 23.2 Å². The van der Waals surface area contributed by atoms with Crippen LogP contribution in [-0.4, -0.2) is 69.6 Å². The van der Waals surface area contributed by atoms with Crippen LogP contribution in [0.2, 0.25) is 10.0 Å². The van der Waals surface area contributed by atoms with Gasteiger partial charge in [0.25, 0.3) is 5.91 Å². The summed E-state index contributed by atoms with van der Waals surface area (Å²) >= 11 is 12.4. The number of fused-ring (bicyclic) bond motifs is 1. The Bertz CT molecular complexity index is 1140. The van der Waals surface area contributed by atoms with Crippen LogP contribution in [-0.2, 0) is 9.84 Å². The van der Waals surface area contributed by atoms with Crippen molar-refractivity contribution >= 4 is 44.6 Å². The molecule has 2 heterocycles. The molecule has 0 spiro atoms. The summed E-state index contributed by atoms with van der Waals surface area (Å²) in [4.78, 5) is 17.5. The van der Waals surface area contributed by atoms with Crippen molar-refractivity contribution in [3.8, 4) is 0 Å². The van der Waals surface area contributed by atoms with Gasteiger partial charge in [-0.1, -0.05) is 29.3 Å². The summed E-state index contributed by atoms with van der Waals surface area (Å²) in [6.45, 7) is 7.31. The lowest BCUT2D eigenvalue weighted by Crippen LogP contribution is -2.34. The Morgan fingerprint density at radius 2 is 1.73 bits per heavy atom. The maximum absolute atomic E-state index is 13.0. The highest BCUT2D eigenvalue weighted by molar-refractivity contribution is 7.90. The van der Waals surface area contributed by atoms with Gasteiger partial charge in [0.1, 0.15) is 0 Å². The van der Waals surface area contributed by atoms with Crippen molar-refractivity contribution in [2.75, 3.05) is 50.8 Å². The van der Waals surface area contributed by atoms with Crippen LogP contribution >= 0.6 is 23.2 Å². The van der Waals surface area contributed by atoms with E-state index in [-0.39, 0.29) is 15.8 Å². The molecule has 178 valence electrons. The van der Waals surface area contributed by atoms with E-state index >= 15 is 0 Å². The summed E-state index contributed by atoms with van der Waals surface area (Å²) in [6, 6.07) is 10.4. The van der Waals surface area contributed by atoms with E-state index in [0.717, 1.165) is 55.1 Å². The summed E-state index contributed by atoms with van der Waals surface area (Å²) < 4.78 is 23.4. The highest BCUT2D eigenvalue weighted by Crippen LogP contribution is 2.33. The average Bonchev–Trinajstić information content (AvgIpc) is 3.31. The molecular formula is C24H29Cl2N3O3S. The standard InChI is InChI=1S/C24H29Cl2N3O3S/c1-16-4-5-19(10-22(16)25)27-8-3-9-28-12-17-14-29(15-18(17)13-28)24(30)21-7-6-20(11-23(21)26)33(2,31)32/h4-7,10-11,17-18,27H,3,8-9,12-15H2,1-2H3. The number of carbonyl (C=O) groups excluding carboxylic acids is 1. The zero-order valence-corrected chi connectivity index (χ0v) is 21.2. The Hall–Kier alpha value is -1.80. The minimum absolute atomic E-state index is 0.123. The van der Waals surface area contributed by atoms with Crippen LogP contribution in [0, 0.1) is 18.8 Å². The molecule has 2 aliphatic heterocycles. The van der Waals surface area contributed by atoms with Crippen molar-refractivity contribution in [2.45, 2.75) is 18.2 Å². The summed E-state index contributed by atoms with van der Waals surface area (Å²) in [7, 11) is -3.36. The van der Waals surface area contributed by atoms with Gasteiger partial charge in [0, 0.05) is 49.7 Å². The first-order chi connectivity index (χ1) is 15.6. The van der Waals surface area contributed by atoms with E-state index in [1.165, 1.54) is 18.2 Å². The van der Waals surface area contributed by atoms with E-state index in [1.807, 2.05) is 30.0 Å². The fourth-order valence-electron chi connectivity index (χ4n) is 4.75. The molecule has 2 aromatic carbocycles. The predicted molar refractivity (Wildman–Crippen MR) is 133 cm³/mol. The molecule has 0 saturated carbocycles. The van der Waals surface area contributed by atoms with Gasteiger partial charge in [-0.05, 0) is 67.6 Å². The SMILES string of the molecule is Cc1ccc(NCCCN2CC3CN(C(=O)c4ccc(S(C)(=O)=O)cc4Cl)CC3C2)cc1Cl. The van der Waals surface area contributed by atoms with E-state index in [2.05, 4.69) is 10.2 Å². The van der Waals surface area contributed by atoms with E-state index < -0.39 is 9.84 Å². The monoisotopic (exact) mass is 509 g/mol.